The van der Waals surface area contributed by atoms with Crippen LogP contribution in [0.2, 0.25) is 0 Å². The predicted octanol–water partition coefficient (Wildman–Crippen LogP) is 2.70. The Morgan fingerprint density at radius 2 is 2.18 bits per heavy atom. The molecule has 122 valence electrons. The quantitative estimate of drug-likeness (QED) is 0.910. The maximum Gasteiger partial charge on any atom is 0.254 e. The Labute approximate surface area is 136 Å². The summed E-state index contributed by atoms with van der Waals surface area (Å²) in [7, 11) is 0. The van der Waals surface area contributed by atoms with E-state index >= 15 is 0 Å². The van der Waals surface area contributed by atoms with E-state index in [1.165, 1.54) is 0 Å². The van der Waals surface area contributed by atoms with Gasteiger partial charge in [-0.1, -0.05) is 6.92 Å². The lowest BCUT2D eigenvalue weighted by atomic mass is 9.70. The van der Waals surface area contributed by atoms with Gasteiger partial charge in [-0.3, -0.25) is 4.79 Å². The van der Waals surface area contributed by atoms with Crippen molar-refractivity contribution in [2.75, 3.05) is 26.3 Å². The van der Waals surface area contributed by atoms with E-state index in [1.54, 1.807) is 11.3 Å². The molecule has 0 aromatic carbocycles. The second-order valence-electron chi connectivity index (χ2n) is 6.73. The van der Waals surface area contributed by atoms with E-state index in [0.717, 1.165) is 36.5 Å². The standard InChI is InChI=1S/C17H25NO3S/c1-12-10-18(16(19)14-9-13(2)22-11-14)6-5-17(12,20)15-3-7-21-8-4-15/h9,11-12,15,20H,3-8,10H2,1-2H3/t12-,17+/m1/s1. The van der Waals surface area contributed by atoms with Crippen molar-refractivity contribution in [1.82, 2.24) is 4.90 Å². The molecule has 1 amide bonds. The molecule has 3 heterocycles. The summed E-state index contributed by atoms with van der Waals surface area (Å²) in [6.45, 7) is 6.87. The first-order valence-electron chi connectivity index (χ1n) is 8.15. The van der Waals surface area contributed by atoms with Gasteiger partial charge in [-0.25, -0.2) is 0 Å². The number of ether oxygens (including phenoxy) is 1. The Balaban J connectivity index is 1.67. The highest BCUT2D eigenvalue weighted by Gasteiger charge is 2.46. The molecule has 1 aromatic heterocycles. The molecule has 2 aliphatic heterocycles. The fourth-order valence-electron chi connectivity index (χ4n) is 3.87. The first kappa shape index (κ1) is 16.0. The van der Waals surface area contributed by atoms with Crippen molar-refractivity contribution in [2.24, 2.45) is 11.8 Å². The first-order valence-corrected chi connectivity index (χ1v) is 9.03. The zero-order valence-corrected chi connectivity index (χ0v) is 14.2. The fourth-order valence-corrected chi connectivity index (χ4v) is 4.54. The minimum absolute atomic E-state index is 0.102. The minimum atomic E-state index is -0.648. The van der Waals surface area contributed by atoms with Gasteiger partial charge < -0.3 is 14.7 Å². The zero-order valence-electron chi connectivity index (χ0n) is 13.4. The van der Waals surface area contributed by atoms with E-state index in [-0.39, 0.29) is 11.8 Å². The highest BCUT2D eigenvalue weighted by molar-refractivity contribution is 7.10. The number of carbonyl (C=O) groups is 1. The molecule has 2 fully saturated rings. The van der Waals surface area contributed by atoms with Crippen molar-refractivity contribution >= 4 is 17.2 Å². The number of aryl methyl sites for hydroxylation is 1. The third-order valence-electron chi connectivity index (χ3n) is 5.32. The lowest BCUT2D eigenvalue weighted by Crippen LogP contribution is -2.56. The van der Waals surface area contributed by atoms with Gasteiger partial charge in [0.25, 0.3) is 5.91 Å². The van der Waals surface area contributed by atoms with Crippen LogP contribution in [0.3, 0.4) is 0 Å². The molecule has 5 heteroatoms. The molecule has 1 N–H and O–H groups in total. The molecule has 0 bridgehead atoms. The number of rotatable bonds is 2. The number of likely N-dealkylation sites (tertiary alicyclic amines) is 1. The molecule has 1 aromatic rings. The monoisotopic (exact) mass is 323 g/mol. The SMILES string of the molecule is Cc1cc(C(=O)N2CC[C@@](O)(C3CCOCC3)[C@H](C)C2)cs1. The van der Waals surface area contributed by atoms with Gasteiger partial charge in [-0.2, -0.15) is 0 Å². The first-order chi connectivity index (χ1) is 10.5. The van der Waals surface area contributed by atoms with E-state index in [0.29, 0.717) is 25.4 Å². The number of hydrogen-bond acceptors (Lipinski definition) is 4. The number of aliphatic hydroxyl groups is 1. The van der Waals surface area contributed by atoms with E-state index in [2.05, 4.69) is 6.92 Å². The van der Waals surface area contributed by atoms with Crippen LogP contribution in [-0.4, -0.2) is 47.8 Å². The van der Waals surface area contributed by atoms with Crippen molar-refractivity contribution in [3.63, 3.8) is 0 Å². The molecule has 0 unspecified atom stereocenters. The van der Waals surface area contributed by atoms with Crippen molar-refractivity contribution in [3.8, 4) is 0 Å². The molecule has 0 spiro atoms. The second kappa shape index (κ2) is 6.30. The summed E-state index contributed by atoms with van der Waals surface area (Å²) < 4.78 is 5.42. The lowest BCUT2D eigenvalue weighted by molar-refractivity contribution is -0.125. The van der Waals surface area contributed by atoms with Gasteiger partial charge in [0.1, 0.15) is 0 Å². The molecule has 3 rings (SSSR count). The molecular weight excluding hydrogens is 298 g/mol. The largest absolute Gasteiger partial charge is 0.389 e. The normalized spacial score (nSPS) is 30.5. The summed E-state index contributed by atoms with van der Waals surface area (Å²) >= 11 is 1.61. The Hall–Kier alpha value is -0.910. The van der Waals surface area contributed by atoms with Crippen molar-refractivity contribution < 1.29 is 14.6 Å². The number of hydrogen-bond donors (Lipinski definition) is 1. The smallest absolute Gasteiger partial charge is 0.254 e. The Bertz CT molecular complexity index is 538. The molecule has 0 radical (unpaired) electrons. The van der Waals surface area contributed by atoms with Crippen molar-refractivity contribution in [1.29, 1.82) is 0 Å². The number of carbonyl (C=O) groups excluding carboxylic acids is 1. The summed E-state index contributed by atoms with van der Waals surface area (Å²) in [5.74, 6) is 0.509. The Kier molecular flexibility index (Phi) is 4.57. The molecule has 2 atom stereocenters. The number of nitrogens with zero attached hydrogens (tertiary/aromatic N) is 1. The Morgan fingerprint density at radius 3 is 2.77 bits per heavy atom. The van der Waals surface area contributed by atoms with Crippen LogP contribution in [-0.2, 0) is 4.74 Å². The maximum absolute atomic E-state index is 12.6. The maximum atomic E-state index is 12.6. The van der Waals surface area contributed by atoms with Crippen molar-refractivity contribution in [2.45, 2.75) is 38.7 Å². The van der Waals surface area contributed by atoms with Crippen LogP contribution in [0, 0.1) is 18.8 Å². The summed E-state index contributed by atoms with van der Waals surface area (Å²) in [4.78, 5) is 15.6. The summed E-state index contributed by atoms with van der Waals surface area (Å²) in [6, 6.07) is 1.96. The van der Waals surface area contributed by atoms with Crippen LogP contribution in [0.4, 0.5) is 0 Å². The average Bonchev–Trinajstić information content (AvgIpc) is 2.97. The van der Waals surface area contributed by atoms with E-state index in [4.69, 9.17) is 4.74 Å². The molecule has 0 saturated carbocycles. The van der Waals surface area contributed by atoms with Crippen LogP contribution >= 0.6 is 11.3 Å². The van der Waals surface area contributed by atoms with Gasteiger partial charge in [-0.05, 0) is 38.2 Å². The topological polar surface area (TPSA) is 49.8 Å². The van der Waals surface area contributed by atoms with Gasteiger partial charge >= 0.3 is 0 Å². The number of amides is 1. The third kappa shape index (κ3) is 2.94. The van der Waals surface area contributed by atoms with E-state index in [9.17, 15) is 9.90 Å². The van der Waals surface area contributed by atoms with Gasteiger partial charge in [-0.15, -0.1) is 11.3 Å². The van der Waals surface area contributed by atoms with Crippen LogP contribution < -0.4 is 0 Å². The van der Waals surface area contributed by atoms with Crippen molar-refractivity contribution in [3.05, 3.63) is 21.9 Å². The third-order valence-corrected chi connectivity index (χ3v) is 6.18. The highest BCUT2D eigenvalue weighted by atomic mass is 32.1. The molecule has 4 nitrogen and oxygen atoms in total. The van der Waals surface area contributed by atoms with E-state index in [1.807, 2.05) is 23.3 Å². The van der Waals surface area contributed by atoms with Crippen LogP contribution in [0.5, 0.6) is 0 Å². The molecule has 22 heavy (non-hydrogen) atoms. The average molecular weight is 323 g/mol. The lowest BCUT2D eigenvalue weighted by Gasteiger charge is -2.48. The van der Waals surface area contributed by atoms with Gasteiger partial charge in [0, 0.05) is 42.5 Å². The van der Waals surface area contributed by atoms with Crippen LogP contribution in [0.15, 0.2) is 11.4 Å². The van der Waals surface area contributed by atoms with Gasteiger partial charge in [0.2, 0.25) is 0 Å². The second-order valence-corrected chi connectivity index (χ2v) is 7.84. The molecular formula is C17H25NO3S. The fraction of sp³-hybridized carbons (Fsp3) is 0.706. The van der Waals surface area contributed by atoms with Gasteiger partial charge in [0.15, 0.2) is 0 Å². The predicted molar refractivity (Wildman–Crippen MR) is 87.2 cm³/mol. The molecule has 2 saturated heterocycles. The summed E-state index contributed by atoms with van der Waals surface area (Å²) in [6.07, 6.45) is 2.53. The minimum Gasteiger partial charge on any atom is -0.389 e. The molecule has 2 aliphatic rings. The van der Waals surface area contributed by atoms with Gasteiger partial charge in [0.05, 0.1) is 11.2 Å². The van der Waals surface area contributed by atoms with E-state index < -0.39 is 5.60 Å². The van der Waals surface area contributed by atoms with Crippen LogP contribution in [0.1, 0.15) is 41.4 Å². The highest BCUT2D eigenvalue weighted by Crippen LogP contribution is 2.39. The number of piperidine rings is 1. The molecule has 0 aliphatic carbocycles. The number of thiophene rings is 1. The zero-order chi connectivity index (χ0) is 15.7. The Morgan fingerprint density at radius 1 is 1.45 bits per heavy atom. The summed E-state index contributed by atoms with van der Waals surface area (Å²) in [5, 5.41) is 13.1. The van der Waals surface area contributed by atoms with Crippen LogP contribution in [0.25, 0.3) is 0 Å². The summed E-state index contributed by atoms with van der Waals surface area (Å²) in [5.41, 5.74) is 0.136.